The Bertz CT molecular complexity index is 878. The number of esters is 2. The maximum absolute atomic E-state index is 12.5. The first kappa shape index (κ1) is 19.6. The van der Waals surface area contributed by atoms with Crippen LogP contribution in [0.15, 0.2) is 48.5 Å². The van der Waals surface area contributed by atoms with Crippen LogP contribution in [0.5, 0.6) is 5.75 Å². The predicted octanol–water partition coefficient (Wildman–Crippen LogP) is 3.94. The van der Waals surface area contributed by atoms with Gasteiger partial charge in [-0.1, -0.05) is 42.5 Å². The lowest BCUT2D eigenvalue weighted by Gasteiger charge is -2.32. The number of hydrogen-bond donors (Lipinski definition) is 1. The molecular weight excluding hydrogens is 358 g/mol. The van der Waals surface area contributed by atoms with Gasteiger partial charge in [-0.2, -0.15) is 0 Å². The number of rotatable bonds is 6. The van der Waals surface area contributed by atoms with Gasteiger partial charge in [0.2, 0.25) is 5.90 Å². The summed E-state index contributed by atoms with van der Waals surface area (Å²) in [6.07, 6.45) is -0.0270. The lowest BCUT2D eigenvalue weighted by atomic mass is 9.80. The number of fused-ring (bicyclic) bond motifs is 1. The highest BCUT2D eigenvalue weighted by Gasteiger charge is 2.42. The molecule has 2 unspecified atom stereocenters. The van der Waals surface area contributed by atoms with E-state index < -0.39 is 23.8 Å². The van der Waals surface area contributed by atoms with E-state index in [-0.39, 0.29) is 25.5 Å². The minimum absolute atomic E-state index is 0.0270. The van der Waals surface area contributed by atoms with Crippen molar-refractivity contribution in [3.8, 4) is 16.9 Å². The summed E-state index contributed by atoms with van der Waals surface area (Å²) < 4.78 is 15.9. The second-order valence-electron chi connectivity index (χ2n) is 6.43. The standard InChI is InChI=1S/C22H23NO5/c1-3-26-19(24)13-17-16-11-10-15(14-8-6-5-7-9-14)12-18(16)28-21(23)20(17)22(25)27-4-2/h5-12,17,20,23H,3-4,13H2,1-2H3. The molecule has 2 aromatic rings. The Labute approximate surface area is 163 Å². The van der Waals surface area contributed by atoms with Crippen molar-refractivity contribution in [3.63, 3.8) is 0 Å². The fourth-order valence-corrected chi connectivity index (χ4v) is 3.41. The molecule has 0 saturated heterocycles. The lowest BCUT2D eigenvalue weighted by molar-refractivity contribution is -0.148. The van der Waals surface area contributed by atoms with E-state index >= 15 is 0 Å². The summed E-state index contributed by atoms with van der Waals surface area (Å²) in [7, 11) is 0. The third kappa shape index (κ3) is 4.06. The van der Waals surface area contributed by atoms with E-state index in [1.165, 1.54) is 0 Å². The highest BCUT2D eigenvalue weighted by molar-refractivity contribution is 6.00. The summed E-state index contributed by atoms with van der Waals surface area (Å²) in [5, 5.41) is 8.26. The van der Waals surface area contributed by atoms with Crippen LogP contribution in [0.2, 0.25) is 0 Å². The van der Waals surface area contributed by atoms with Crippen molar-refractivity contribution in [3.05, 3.63) is 54.1 Å². The van der Waals surface area contributed by atoms with Gasteiger partial charge in [-0.05, 0) is 36.6 Å². The van der Waals surface area contributed by atoms with Gasteiger partial charge >= 0.3 is 11.9 Å². The molecule has 0 amide bonds. The van der Waals surface area contributed by atoms with Gasteiger partial charge in [-0.3, -0.25) is 15.0 Å². The lowest BCUT2D eigenvalue weighted by Crippen LogP contribution is -2.39. The quantitative estimate of drug-likeness (QED) is 0.766. The summed E-state index contributed by atoms with van der Waals surface area (Å²) in [6.45, 7) is 3.87. The Hall–Kier alpha value is -3.15. The van der Waals surface area contributed by atoms with Crippen LogP contribution in [0, 0.1) is 11.3 Å². The molecule has 0 aliphatic carbocycles. The van der Waals surface area contributed by atoms with Crippen LogP contribution >= 0.6 is 0 Å². The average molecular weight is 381 g/mol. The first-order valence-electron chi connectivity index (χ1n) is 9.33. The summed E-state index contributed by atoms with van der Waals surface area (Å²) in [5.74, 6) is -2.28. The highest BCUT2D eigenvalue weighted by Crippen LogP contribution is 2.42. The molecule has 28 heavy (non-hydrogen) atoms. The van der Waals surface area contributed by atoms with Gasteiger partial charge in [0, 0.05) is 5.92 Å². The fourth-order valence-electron chi connectivity index (χ4n) is 3.41. The maximum atomic E-state index is 12.5. The first-order valence-corrected chi connectivity index (χ1v) is 9.33. The molecule has 2 aromatic carbocycles. The number of carbonyl (C=O) groups is 2. The molecule has 6 nitrogen and oxygen atoms in total. The highest BCUT2D eigenvalue weighted by atomic mass is 16.5. The van der Waals surface area contributed by atoms with Gasteiger partial charge in [-0.25, -0.2) is 0 Å². The number of hydrogen-bond acceptors (Lipinski definition) is 6. The molecule has 1 aliphatic heterocycles. The third-order valence-corrected chi connectivity index (χ3v) is 4.66. The summed E-state index contributed by atoms with van der Waals surface area (Å²) in [5.41, 5.74) is 2.63. The zero-order valence-corrected chi connectivity index (χ0v) is 15.9. The fraction of sp³-hybridized carbons (Fsp3) is 0.318. The van der Waals surface area contributed by atoms with E-state index in [1.54, 1.807) is 13.8 Å². The van der Waals surface area contributed by atoms with E-state index in [0.717, 1.165) is 11.1 Å². The van der Waals surface area contributed by atoms with Gasteiger partial charge in [0.15, 0.2) is 0 Å². The third-order valence-electron chi connectivity index (χ3n) is 4.66. The molecule has 1 aliphatic rings. The maximum Gasteiger partial charge on any atom is 0.319 e. The topological polar surface area (TPSA) is 85.7 Å². The molecule has 0 bridgehead atoms. The van der Waals surface area contributed by atoms with Crippen molar-refractivity contribution in [2.24, 2.45) is 5.92 Å². The molecule has 0 fully saturated rings. The van der Waals surface area contributed by atoms with Crippen LogP contribution in [-0.2, 0) is 19.1 Å². The van der Waals surface area contributed by atoms with Gasteiger partial charge in [0.05, 0.1) is 19.6 Å². The van der Waals surface area contributed by atoms with Crippen LogP contribution < -0.4 is 4.74 Å². The molecule has 0 saturated carbocycles. The van der Waals surface area contributed by atoms with Gasteiger partial charge in [0.25, 0.3) is 0 Å². The van der Waals surface area contributed by atoms with Crippen LogP contribution in [0.3, 0.4) is 0 Å². The molecule has 0 aromatic heterocycles. The summed E-state index contributed by atoms with van der Waals surface area (Å²) >= 11 is 0. The van der Waals surface area contributed by atoms with E-state index in [4.69, 9.17) is 19.6 Å². The largest absolute Gasteiger partial charge is 0.466 e. The molecule has 146 valence electrons. The van der Waals surface area contributed by atoms with Crippen LogP contribution in [0.25, 0.3) is 11.1 Å². The van der Waals surface area contributed by atoms with Crippen molar-refractivity contribution in [2.45, 2.75) is 26.2 Å². The molecule has 3 rings (SSSR count). The Kier molecular flexibility index (Phi) is 6.09. The summed E-state index contributed by atoms with van der Waals surface area (Å²) in [6, 6.07) is 15.4. The number of carbonyl (C=O) groups excluding carboxylic acids is 2. The van der Waals surface area contributed by atoms with Gasteiger partial charge in [-0.15, -0.1) is 0 Å². The predicted molar refractivity (Wildman–Crippen MR) is 104 cm³/mol. The average Bonchev–Trinajstić information content (AvgIpc) is 2.68. The first-order chi connectivity index (χ1) is 13.5. The van der Waals surface area contributed by atoms with E-state index in [1.807, 2.05) is 48.5 Å². The van der Waals surface area contributed by atoms with Crippen LogP contribution in [0.1, 0.15) is 31.7 Å². The molecule has 0 radical (unpaired) electrons. The van der Waals surface area contributed by atoms with Crippen molar-refractivity contribution >= 4 is 17.8 Å². The smallest absolute Gasteiger partial charge is 0.319 e. The van der Waals surface area contributed by atoms with Gasteiger partial charge < -0.3 is 14.2 Å². The van der Waals surface area contributed by atoms with Crippen molar-refractivity contribution < 1.29 is 23.8 Å². The second-order valence-corrected chi connectivity index (χ2v) is 6.43. The minimum Gasteiger partial charge on any atom is -0.466 e. The minimum atomic E-state index is -0.973. The van der Waals surface area contributed by atoms with Crippen molar-refractivity contribution in [1.29, 1.82) is 5.41 Å². The molecule has 1 heterocycles. The number of benzene rings is 2. The van der Waals surface area contributed by atoms with Crippen LogP contribution in [0.4, 0.5) is 0 Å². The molecule has 6 heteroatoms. The number of ether oxygens (including phenoxy) is 3. The molecule has 2 atom stereocenters. The zero-order chi connectivity index (χ0) is 20.1. The Balaban J connectivity index is 2.00. The van der Waals surface area contributed by atoms with Crippen molar-refractivity contribution in [2.75, 3.05) is 13.2 Å². The van der Waals surface area contributed by atoms with E-state index in [0.29, 0.717) is 11.3 Å². The molecule has 1 N–H and O–H groups in total. The zero-order valence-electron chi connectivity index (χ0n) is 15.9. The second kappa shape index (κ2) is 8.69. The Morgan fingerprint density at radius 1 is 1.00 bits per heavy atom. The van der Waals surface area contributed by atoms with Crippen LogP contribution in [-0.4, -0.2) is 31.1 Å². The summed E-state index contributed by atoms with van der Waals surface area (Å²) in [4.78, 5) is 24.6. The van der Waals surface area contributed by atoms with Crippen molar-refractivity contribution in [1.82, 2.24) is 0 Å². The monoisotopic (exact) mass is 381 g/mol. The van der Waals surface area contributed by atoms with E-state index in [9.17, 15) is 9.59 Å². The number of nitrogens with one attached hydrogen (secondary N) is 1. The SMILES string of the molecule is CCOC(=O)CC1c2ccc(-c3ccccc3)cc2OC(=N)C1C(=O)OCC. The van der Waals surface area contributed by atoms with E-state index in [2.05, 4.69) is 0 Å². The normalized spacial score (nSPS) is 18.0. The Morgan fingerprint density at radius 3 is 2.39 bits per heavy atom. The Morgan fingerprint density at radius 2 is 1.71 bits per heavy atom. The molecule has 0 spiro atoms. The van der Waals surface area contributed by atoms with Gasteiger partial charge in [0.1, 0.15) is 11.7 Å². The molecular formula is C22H23NO5.